The van der Waals surface area contributed by atoms with Gasteiger partial charge in [0.2, 0.25) is 0 Å². The number of morpholine rings is 1. The highest BCUT2D eigenvalue weighted by Crippen LogP contribution is 2.24. The molecule has 1 unspecified atom stereocenters. The van der Waals surface area contributed by atoms with E-state index in [4.69, 9.17) is 4.74 Å². The Balaban J connectivity index is 2.28. The summed E-state index contributed by atoms with van der Waals surface area (Å²) in [4.78, 5) is 13.4. The van der Waals surface area contributed by atoms with Crippen molar-refractivity contribution in [2.45, 2.75) is 13.0 Å². The summed E-state index contributed by atoms with van der Waals surface area (Å²) in [7, 11) is 1.80. The van der Waals surface area contributed by atoms with Gasteiger partial charge in [0.05, 0.1) is 18.9 Å². The Hall–Kier alpha value is -1.40. The van der Waals surface area contributed by atoms with Crippen molar-refractivity contribution in [1.29, 1.82) is 0 Å². The first-order valence-electron chi connectivity index (χ1n) is 5.64. The third-order valence-electron chi connectivity index (χ3n) is 2.99. The number of carboxylic acid groups (broad SMARTS) is 1. The number of carbonyl (C=O) groups is 1. The summed E-state index contributed by atoms with van der Waals surface area (Å²) < 4.78 is 6.90. The standard InChI is InChI=1S/C11H17N3O3/c1-8-9(7-13(2)12-8)10(11(15)16)14-3-5-17-6-4-14/h7,10H,3-6H2,1-2H3,(H,15,16). The van der Waals surface area contributed by atoms with Crippen molar-refractivity contribution in [3.8, 4) is 0 Å². The van der Waals surface area contributed by atoms with Gasteiger partial charge in [-0.05, 0) is 6.92 Å². The average Bonchev–Trinajstić information content (AvgIpc) is 2.59. The first-order chi connectivity index (χ1) is 8.09. The van der Waals surface area contributed by atoms with Crippen LogP contribution in [0.3, 0.4) is 0 Å². The number of aryl methyl sites for hydroxylation is 2. The Labute approximate surface area is 99.8 Å². The number of rotatable bonds is 3. The lowest BCUT2D eigenvalue weighted by Crippen LogP contribution is -2.42. The Morgan fingerprint density at radius 1 is 1.53 bits per heavy atom. The van der Waals surface area contributed by atoms with Gasteiger partial charge in [0.15, 0.2) is 0 Å². The molecule has 0 amide bonds. The summed E-state index contributed by atoms with van der Waals surface area (Å²) in [6.07, 6.45) is 1.78. The number of nitrogens with zero attached hydrogens (tertiary/aromatic N) is 3. The second kappa shape index (κ2) is 4.85. The van der Waals surface area contributed by atoms with Crippen LogP contribution < -0.4 is 0 Å². The molecule has 1 saturated heterocycles. The van der Waals surface area contributed by atoms with Crippen molar-refractivity contribution in [3.05, 3.63) is 17.5 Å². The summed E-state index contributed by atoms with van der Waals surface area (Å²) in [6.45, 7) is 4.30. The summed E-state index contributed by atoms with van der Waals surface area (Å²) in [5.41, 5.74) is 1.54. The lowest BCUT2D eigenvalue weighted by Gasteiger charge is -2.31. The van der Waals surface area contributed by atoms with Gasteiger partial charge in [-0.25, -0.2) is 0 Å². The minimum Gasteiger partial charge on any atom is -0.480 e. The highest BCUT2D eigenvalue weighted by molar-refractivity contribution is 5.75. The zero-order chi connectivity index (χ0) is 12.4. The fourth-order valence-electron chi connectivity index (χ4n) is 2.21. The van der Waals surface area contributed by atoms with Crippen LogP contribution in [0.1, 0.15) is 17.3 Å². The van der Waals surface area contributed by atoms with Crippen LogP contribution >= 0.6 is 0 Å². The highest BCUT2D eigenvalue weighted by atomic mass is 16.5. The molecular formula is C11H17N3O3. The zero-order valence-corrected chi connectivity index (χ0v) is 10.1. The molecule has 0 aliphatic carbocycles. The molecule has 0 aromatic carbocycles. The SMILES string of the molecule is Cc1nn(C)cc1C(C(=O)O)N1CCOCC1. The van der Waals surface area contributed by atoms with Crippen molar-refractivity contribution in [1.82, 2.24) is 14.7 Å². The van der Waals surface area contributed by atoms with Crippen LogP contribution in [0.25, 0.3) is 0 Å². The normalized spacial score (nSPS) is 19.2. The van der Waals surface area contributed by atoms with Gasteiger partial charge in [0.1, 0.15) is 6.04 Å². The molecule has 94 valence electrons. The Kier molecular flexibility index (Phi) is 3.44. The Morgan fingerprint density at radius 2 is 2.18 bits per heavy atom. The topological polar surface area (TPSA) is 67.6 Å². The van der Waals surface area contributed by atoms with E-state index in [1.54, 1.807) is 17.9 Å². The molecule has 1 aliphatic rings. The number of aliphatic carboxylic acids is 1. The van der Waals surface area contributed by atoms with Crippen LogP contribution in [0.4, 0.5) is 0 Å². The minimum atomic E-state index is -0.831. The van der Waals surface area contributed by atoms with Crippen LogP contribution in [0.2, 0.25) is 0 Å². The van der Waals surface area contributed by atoms with Crippen molar-refractivity contribution in [2.75, 3.05) is 26.3 Å². The third kappa shape index (κ3) is 2.48. The second-order valence-electron chi connectivity index (χ2n) is 4.23. The van der Waals surface area contributed by atoms with Crippen LogP contribution in [0.15, 0.2) is 6.20 Å². The number of ether oxygens (including phenoxy) is 1. The maximum atomic E-state index is 11.4. The van der Waals surface area contributed by atoms with E-state index < -0.39 is 12.0 Å². The maximum absolute atomic E-state index is 11.4. The lowest BCUT2D eigenvalue weighted by atomic mass is 10.1. The van der Waals surface area contributed by atoms with E-state index in [9.17, 15) is 9.90 Å². The number of hydrogen-bond donors (Lipinski definition) is 1. The van der Waals surface area contributed by atoms with Gasteiger partial charge in [0, 0.05) is 31.9 Å². The van der Waals surface area contributed by atoms with E-state index in [0.29, 0.717) is 26.3 Å². The van der Waals surface area contributed by atoms with Gasteiger partial charge in [-0.1, -0.05) is 0 Å². The molecule has 1 N–H and O–H groups in total. The molecule has 0 spiro atoms. The maximum Gasteiger partial charge on any atom is 0.325 e. The molecule has 2 rings (SSSR count). The van der Waals surface area contributed by atoms with E-state index in [1.807, 2.05) is 11.8 Å². The molecule has 1 aromatic rings. The summed E-state index contributed by atoms with van der Waals surface area (Å²) in [5.74, 6) is -0.831. The zero-order valence-electron chi connectivity index (χ0n) is 10.1. The first kappa shape index (κ1) is 12.1. The van der Waals surface area contributed by atoms with Gasteiger partial charge >= 0.3 is 5.97 Å². The minimum absolute atomic E-state index is 0.586. The number of aromatic nitrogens is 2. The Morgan fingerprint density at radius 3 is 2.65 bits per heavy atom. The number of hydrogen-bond acceptors (Lipinski definition) is 4. The van der Waals surface area contributed by atoms with Gasteiger partial charge in [-0.2, -0.15) is 5.10 Å². The molecule has 1 fully saturated rings. The van der Waals surface area contributed by atoms with Crippen molar-refractivity contribution in [2.24, 2.45) is 7.05 Å². The summed E-state index contributed by atoms with van der Waals surface area (Å²) in [5, 5.41) is 13.6. The van der Waals surface area contributed by atoms with Crippen LogP contribution in [0.5, 0.6) is 0 Å². The predicted molar refractivity (Wildman–Crippen MR) is 60.7 cm³/mol. The van der Waals surface area contributed by atoms with Gasteiger partial charge in [-0.15, -0.1) is 0 Å². The van der Waals surface area contributed by atoms with Gasteiger partial charge < -0.3 is 9.84 Å². The van der Waals surface area contributed by atoms with Crippen molar-refractivity contribution in [3.63, 3.8) is 0 Å². The largest absolute Gasteiger partial charge is 0.480 e. The Bertz CT molecular complexity index is 410. The molecule has 2 heterocycles. The summed E-state index contributed by atoms with van der Waals surface area (Å²) >= 11 is 0. The second-order valence-corrected chi connectivity index (χ2v) is 4.23. The van der Waals surface area contributed by atoms with Crippen LogP contribution in [-0.4, -0.2) is 52.1 Å². The summed E-state index contributed by atoms with van der Waals surface area (Å²) in [6, 6.07) is -0.618. The van der Waals surface area contributed by atoms with Crippen molar-refractivity contribution >= 4 is 5.97 Å². The molecule has 6 heteroatoms. The molecular weight excluding hydrogens is 222 g/mol. The number of carboxylic acids is 1. The molecule has 0 bridgehead atoms. The first-order valence-corrected chi connectivity index (χ1v) is 5.64. The highest BCUT2D eigenvalue weighted by Gasteiger charge is 2.31. The van der Waals surface area contributed by atoms with Gasteiger partial charge in [-0.3, -0.25) is 14.4 Å². The molecule has 0 saturated carbocycles. The molecule has 1 aliphatic heterocycles. The predicted octanol–water partition coefficient (Wildman–Crippen LogP) is 0.186. The van der Waals surface area contributed by atoms with E-state index in [2.05, 4.69) is 5.10 Å². The van der Waals surface area contributed by atoms with Crippen LogP contribution in [0, 0.1) is 6.92 Å². The molecule has 0 radical (unpaired) electrons. The van der Waals surface area contributed by atoms with E-state index in [0.717, 1.165) is 11.3 Å². The molecule has 1 aromatic heterocycles. The molecule has 17 heavy (non-hydrogen) atoms. The molecule has 1 atom stereocenters. The van der Waals surface area contributed by atoms with E-state index in [-0.39, 0.29) is 0 Å². The van der Waals surface area contributed by atoms with Gasteiger partial charge in [0.25, 0.3) is 0 Å². The quantitative estimate of drug-likeness (QED) is 0.815. The van der Waals surface area contributed by atoms with Crippen LogP contribution in [-0.2, 0) is 16.6 Å². The van der Waals surface area contributed by atoms with E-state index in [1.165, 1.54) is 0 Å². The smallest absolute Gasteiger partial charge is 0.325 e. The monoisotopic (exact) mass is 239 g/mol. The fourth-order valence-corrected chi connectivity index (χ4v) is 2.21. The fraction of sp³-hybridized carbons (Fsp3) is 0.636. The lowest BCUT2D eigenvalue weighted by molar-refractivity contribution is -0.145. The molecule has 6 nitrogen and oxygen atoms in total. The van der Waals surface area contributed by atoms with Crippen molar-refractivity contribution < 1.29 is 14.6 Å². The average molecular weight is 239 g/mol. The third-order valence-corrected chi connectivity index (χ3v) is 2.99. The van der Waals surface area contributed by atoms with E-state index >= 15 is 0 Å².